The van der Waals surface area contributed by atoms with Crippen molar-refractivity contribution in [2.75, 3.05) is 26.2 Å². The molecule has 0 spiro atoms. The van der Waals surface area contributed by atoms with E-state index < -0.39 is 0 Å². The molecule has 2 heterocycles. The highest BCUT2D eigenvalue weighted by Gasteiger charge is 2.23. The van der Waals surface area contributed by atoms with E-state index in [1.54, 1.807) is 0 Å². The highest BCUT2D eigenvalue weighted by Crippen LogP contribution is 2.21. The molecule has 0 aromatic rings. The summed E-state index contributed by atoms with van der Waals surface area (Å²) in [5.41, 5.74) is 5.62. The summed E-state index contributed by atoms with van der Waals surface area (Å²) in [5, 5.41) is 10.1. The molecule has 0 radical (unpaired) electrons. The number of dihydropyridines is 1. The predicted molar refractivity (Wildman–Crippen MR) is 112 cm³/mol. The van der Waals surface area contributed by atoms with Crippen molar-refractivity contribution < 1.29 is 4.74 Å². The molecular weight excluding hydrogens is 336 g/mol. The smallest absolute Gasteiger partial charge is 0.145 e. The average Bonchev–Trinajstić information content (AvgIpc) is 2.64. The zero-order valence-electron chi connectivity index (χ0n) is 16.5. The van der Waals surface area contributed by atoms with Crippen molar-refractivity contribution in [3.8, 4) is 0 Å². The van der Waals surface area contributed by atoms with Gasteiger partial charge in [0.05, 0.1) is 11.4 Å². The van der Waals surface area contributed by atoms with Gasteiger partial charge in [0, 0.05) is 38.6 Å². The van der Waals surface area contributed by atoms with E-state index in [1.807, 2.05) is 25.4 Å². The van der Waals surface area contributed by atoms with Crippen LogP contribution in [0.25, 0.3) is 0 Å². The number of allylic oxidation sites excluding steroid dienone is 5. The SMILES string of the molecule is C\C=C/N=C1\C=C(CNC2=CNCC(C)=C2OC2CNC2)C=C\C1=C/CC. The van der Waals surface area contributed by atoms with Crippen molar-refractivity contribution >= 4 is 5.71 Å². The predicted octanol–water partition coefficient (Wildman–Crippen LogP) is 3.09. The fourth-order valence-electron chi connectivity index (χ4n) is 3.05. The standard InChI is InChI=1S/C22H30N4O/c1-4-6-18-8-7-17(10-20(18)25-9-5-2)12-26-21-15-23-11-16(3)22(21)27-19-13-24-14-19/h5-10,15,19,23-24,26H,4,11-14H2,1-3H3/b9-5-,18-6+,25-20+. The first kappa shape index (κ1) is 19.2. The van der Waals surface area contributed by atoms with Gasteiger partial charge in [-0.2, -0.15) is 0 Å². The van der Waals surface area contributed by atoms with Crippen LogP contribution in [-0.4, -0.2) is 38.0 Å². The maximum absolute atomic E-state index is 6.18. The van der Waals surface area contributed by atoms with Crippen molar-refractivity contribution in [2.24, 2.45) is 4.99 Å². The Morgan fingerprint density at radius 1 is 1.33 bits per heavy atom. The number of hydrogen-bond acceptors (Lipinski definition) is 5. The Labute approximate surface area is 162 Å². The molecule has 3 N–H and O–H groups in total. The van der Waals surface area contributed by atoms with Crippen molar-refractivity contribution in [3.05, 3.63) is 71.0 Å². The number of rotatable bonds is 7. The first-order chi connectivity index (χ1) is 13.2. The lowest BCUT2D eigenvalue weighted by atomic mass is 9.99. The summed E-state index contributed by atoms with van der Waals surface area (Å²) in [6.07, 6.45) is 15.7. The highest BCUT2D eigenvalue weighted by atomic mass is 16.5. The normalized spacial score (nSPS) is 23.4. The molecule has 144 valence electrons. The molecule has 1 fully saturated rings. The lowest BCUT2D eigenvalue weighted by molar-refractivity contribution is 0.0719. The second-order valence-electron chi connectivity index (χ2n) is 6.92. The molecule has 0 unspecified atom stereocenters. The lowest BCUT2D eigenvalue weighted by Crippen LogP contribution is -2.49. The topological polar surface area (TPSA) is 57.7 Å². The largest absolute Gasteiger partial charge is 0.486 e. The van der Waals surface area contributed by atoms with Gasteiger partial charge in [0.25, 0.3) is 0 Å². The van der Waals surface area contributed by atoms with Gasteiger partial charge in [0.15, 0.2) is 0 Å². The maximum Gasteiger partial charge on any atom is 0.145 e. The number of hydrogen-bond donors (Lipinski definition) is 3. The summed E-state index contributed by atoms with van der Waals surface area (Å²) in [4.78, 5) is 4.58. The maximum atomic E-state index is 6.18. The third-order valence-corrected chi connectivity index (χ3v) is 4.64. The molecule has 0 amide bonds. The van der Waals surface area contributed by atoms with E-state index >= 15 is 0 Å². The molecule has 0 aromatic carbocycles. The second-order valence-corrected chi connectivity index (χ2v) is 6.92. The van der Waals surface area contributed by atoms with Crippen LogP contribution < -0.4 is 16.0 Å². The van der Waals surface area contributed by atoms with Gasteiger partial charge in [-0.25, -0.2) is 0 Å². The van der Waals surface area contributed by atoms with Gasteiger partial charge in [0.1, 0.15) is 11.9 Å². The Kier molecular flexibility index (Phi) is 6.71. The lowest BCUT2D eigenvalue weighted by Gasteiger charge is -2.32. The van der Waals surface area contributed by atoms with Gasteiger partial charge in [-0.1, -0.05) is 31.2 Å². The van der Waals surface area contributed by atoms with Crippen LogP contribution in [0.15, 0.2) is 75.9 Å². The molecule has 1 saturated heterocycles. The van der Waals surface area contributed by atoms with Crippen molar-refractivity contribution in [3.63, 3.8) is 0 Å². The van der Waals surface area contributed by atoms with Gasteiger partial charge in [-0.05, 0) is 43.1 Å². The number of nitrogens with one attached hydrogen (secondary N) is 3. The zero-order valence-corrected chi connectivity index (χ0v) is 16.5. The van der Waals surface area contributed by atoms with Crippen LogP contribution in [0, 0.1) is 0 Å². The molecule has 5 nitrogen and oxygen atoms in total. The number of ether oxygens (including phenoxy) is 1. The Hall–Kier alpha value is -2.53. The Morgan fingerprint density at radius 3 is 2.89 bits per heavy atom. The van der Waals surface area contributed by atoms with E-state index in [0.717, 1.165) is 49.8 Å². The molecule has 0 bridgehead atoms. The van der Waals surface area contributed by atoms with Gasteiger partial charge < -0.3 is 20.7 Å². The molecule has 3 aliphatic rings. The minimum Gasteiger partial charge on any atom is -0.486 e. The summed E-state index contributed by atoms with van der Waals surface area (Å²) >= 11 is 0. The van der Waals surface area contributed by atoms with E-state index in [9.17, 15) is 0 Å². The number of aliphatic imine (C=N–C) groups is 1. The van der Waals surface area contributed by atoms with Crippen molar-refractivity contribution in [2.45, 2.75) is 33.3 Å². The molecule has 3 rings (SSSR count). The van der Waals surface area contributed by atoms with Crippen LogP contribution in [0.4, 0.5) is 0 Å². The molecule has 0 saturated carbocycles. The van der Waals surface area contributed by atoms with E-state index in [-0.39, 0.29) is 6.10 Å². The first-order valence-corrected chi connectivity index (χ1v) is 9.74. The molecule has 27 heavy (non-hydrogen) atoms. The minimum atomic E-state index is 0.272. The molecule has 0 aromatic heterocycles. The zero-order chi connectivity index (χ0) is 19.1. The molecule has 1 aliphatic carbocycles. The summed E-state index contributed by atoms with van der Waals surface area (Å²) < 4.78 is 6.18. The van der Waals surface area contributed by atoms with Crippen LogP contribution in [0.5, 0.6) is 0 Å². The van der Waals surface area contributed by atoms with Crippen molar-refractivity contribution in [1.82, 2.24) is 16.0 Å². The third kappa shape index (κ3) is 5.01. The van der Waals surface area contributed by atoms with Crippen molar-refractivity contribution in [1.29, 1.82) is 0 Å². The van der Waals surface area contributed by atoms with Gasteiger partial charge in [-0.3, -0.25) is 4.99 Å². The third-order valence-electron chi connectivity index (χ3n) is 4.64. The van der Waals surface area contributed by atoms with Gasteiger partial charge in [0.2, 0.25) is 0 Å². The number of nitrogens with zero attached hydrogens (tertiary/aromatic N) is 1. The molecule has 0 atom stereocenters. The summed E-state index contributed by atoms with van der Waals surface area (Å²) in [6.45, 7) is 9.63. The van der Waals surface area contributed by atoms with Crippen LogP contribution in [0.2, 0.25) is 0 Å². The summed E-state index contributed by atoms with van der Waals surface area (Å²) in [6, 6.07) is 0. The monoisotopic (exact) mass is 366 g/mol. The van der Waals surface area contributed by atoms with Gasteiger partial charge in [-0.15, -0.1) is 0 Å². The van der Waals surface area contributed by atoms with E-state index in [1.165, 1.54) is 16.7 Å². The second kappa shape index (κ2) is 9.42. The molecule has 5 heteroatoms. The van der Waals surface area contributed by atoms with E-state index in [2.05, 4.69) is 59.1 Å². The quantitative estimate of drug-likeness (QED) is 0.648. The van der Waals surface area contributed by atoms with Crippen LogP contribution >= 0.6 is 0 Å². The van der Waals surface area contributed by atoms with E-state index in [0.29, 0.717) is 0 Å². The Bertz CT molecular complexity index is 761. The van der Waals surface area contributed by atoms with Crippen LogP contribution in [0.1, 0.15) is 27.2 Å². The highest BCUT2D eigenvalue weighted by molar-refractivity contribution is 6.12. The fraction of sp³-hybridized carbons (Fsp3) is 0.409. The first-order valence-electron chi connectivity index (χ1n) is 9.74. The van der Waals surface area contributed by atoms with E-state index in [4.69, 9.17) is 4.74 Å². The summed E-state index contributed by atoms with van der Waals surface area (Å²) in [7, 11) is 0. The van der Waals surface area contributed by atoms with Crippen LogP contribution in [-0.2, 0) is 4.74 Å². The summed E-state index contributed by atoms with van der Waals surface area (Å²) in [5.74, 6) is 0.981. The molecular formula is C22H30N4O. The minimum absolute atomic E-state index is 0.272. The Morgan fingerprint density at radius 2 is 2.19 bits per heavy atom. The fourth-order valence-corrected chi connectivity index (χ4v) is 3.05. The van der Waals surface area contributed by atoms with Gasteiger partial charge >= 0.3 is 0 Å². The Balaban J connectivity index is 1.68. The molecule has 2 aliphatic heterocycles. The van der Waals surface area contributed by atoms with Crippen LogP contribution in [0.3, 0.4) is 0 Å². The average molecular weight is 367 g/mol.